The Hall–Kier alpha value is -1.27. The normalized spacial score (nSPS) is 20.4. The zero-order chi connectivity index (χ0) is 17.2. The van der Waals surface area contributed by atoms with Gasteiger partial charge in [-0.2, -0.15) is 0 Å². The first-order chi connectivity index (χ1) is 11.4. The van der Waals surface area contributed by atoms with Crippen molar-refractivity contribution in [3.63, 3.8) is 0 Å². The van der Waals surface area contributed by atoms with Crippen LogP contribution in [0.1, 0.15) is 45.1 Å². The molecule has 0 amide bonds. The molecule has 3 rings (SSSR count). The summed E-state index contributed by atoms with van der Waals surface area (Å²) in [6, 6.07) is 5.90. The maximum atomic E-state index is 12.3. The Morgan fingerprint density at radius 2 is 1.96 bits per heavy atom. The van der Waals surface area contributed by atoms with Crippen molar-refractivity contribution in [2.75, 3.05) is 25.4 Å². The largest absolute Gasteiger partial charge is 0.490 e. The van der Waals surface area contributed by atoms with Gasteiger partial charge in [0.1, 0.15) is 5.60 Å². The van der Waals surface area contributed by atoms with Crippen LogP contribution in [0.15, 0.2) is 18.2 Å². The number of benzene rings is 1. The van der Waals surface area contributed by atoms with Gasteiger partial charge in [-0.3, -0.25) is 0 Å². The van der Waals surface area contributed by atoms with Crippen molar-refractivity contribution < 1.29 is 17.9 Å². The van der Waals surface area contributed by atoms with Crippen LogP contribution in [0.5, 0.6) is 11.5 Å². The van der Waals surface area contributed by atoms with Gasteiger partial charge in [-0.1, -0.05) is 18.6 Å². The number of nitrogens with zero attached hydrogens (tertiary/aromatic N) is 1. The van der Waals surface area contributed by atoms with E-state index in [1.165, 1.54) is 0 Å². The fourth-order valence-electron chi connectivity index (χ4n) is 3.40. The summed E-state index contributed by atoms with van der Waals surface area (Å²) < 4.78 is 38.0. The maximum Gasteiger partial charge on any atom is 0.214 e. The molecule has 24 heavy (non-hydrogen) atoms. The average Bonchev–Trinajstić information content (AvgIpc) is 2.87. The molecule has 0 aliphatic carbocycles. The number of piperidine rings is 1. The molecular weight excluding hydrogens is 326 g/mol. The van der Waals surface area contributed by atoms with E-state index in [4.69, 9.17) is 9.47 Å². The quantitative estimate of drug-likeness (QED) is 0.738. The fraction of sp³-hybridized carbons (Fsp3) is 0.667. The molecule has 0 aromatic heterocycles. The van der Waals surface area contributed by atoms with E-state index in [0.29, 0.717) is 31.9 Å². The van der Waals surface area contributed by atoms with Gasteiger partial charge >= 0.3 is 0 Å². The second-order valence-corrected chi connectivity index (χ2v) is 9.35. The van der Waals surface area contributed by atoms with E-state index in [0.717, 1.165) is 37.0 Å². The molecule has 1 saturated heterocycles. The highest BCUT2D eigenvalue weighted by Gasteiger charge is 2.32. The van der Waals surface area contributed by atoms with E-state index >= 15 is 0 Å². The predicted octanol–water partition coefficient (Wildman–Crippen LogP) is 2.98. The highest BCUT2D eigenvalue weighted by Crippen LogP contribution is 2.41. The van der Waals surface area contributed by atoms with Gasteiger partial charge in [-0.05, 0) is 39.2 Å². The van der Waals surface area contributed by atoms with Gasteiger partial charge in [-0.15, -0.1) is 0 Å². The number of para-hydroxylation sites is 1. The van der Waals surface area contributed by atoms with E-state index in [-0.39, 0.29) is 11.4 Å². The zero-order valence-corrected chi connectivity index (χ0v) is 15.4. The molecule has 2 heterocycles. The molecule has 0 bridgehead atoms. The minimum atomic E-state index is -3.15. The van der Waals surface area contributed by atoms with Gasteiger partial charge in [0.25, 0.3) is 0 Å². The topological polar surface area (TPSA) is 55.8 Å². The van der Waals surface area contributed by atoms with Crippen LogP contribution in [-0.4, -0.2) is 43.8 Å². The third-order valence-corrected chi connectivity index (χ3v) is 6.52. The molecule has 134 valence electrons. The smallest absolute Gasteiger partial charge is 0.214 e. The summed E-state index contributed by atoms with van der Waals surface area (Å²) in [6.07, 6.45) is 4.43. The van der Waals surface area contributed by atoms with Gasteiger partial charge in [0, 0.05) is 25.1 Å². The lowest BCUT2D eigenvalue weighted by Gasteiger charge is -2.25. The van der Waals surface area contributed by atoms with Crippen LogP contribution in [0, 0.1) is 0 Å². The van der Waals surface area contributed by atoms with Crippen LogP contribution < -0.4 is 9.47 Å². The molecule has 0 atom stereocenters. The number of hydrogen-bond acceptors (Lipinski definition) is 4. The fourth-order valence-corrected chi connectivity index (χ4v) is 4.95. The average molecular weight is 353 g/mol. The maximum absolute atomic E-state index is 12.3. The number of sulfonamides is 1. The molecule has 0 saturated carbocycles. The number of rotatable bonds is 6. The Kier molecular flexibility index (Phi) is 5.06. The second-order valence-electron chi connectivity index (χ2n) is 7.26. The molecule has 0 radical (unpaired) electrons. The van der Waals surface area contributed by atoms with Crippen LogP contribution in [-0.2, 0) is 16.4 Å². The first kappa shape index (κ1) is 17.5. The van der Waals surface area contributed by atoms with Crippen molar-refractivity contribution in [3.8, 4) is 11.5 Å². The van der Waals surface area contributed by atoms with Crippen molar-refractivity contribution in [3.05, 3.63) is 23.8 Å². The van der Waals surface area contributed by atoms with Crippen LogP contribution in [0.2, 0.25) is 0 Å². The molecule has 1 aromatic rings. The molecule has 2 aliphatic rings. The molecule has 0 N–H and O–H groups in total. The second kappa shape index (κ2) is 6.92. The van der Waals surface area contributed by atoms with Gasteiger partial charge < -0.3 is 9.47 Å². The lowest BCUT2D eigenvalue weighted by molar-refractivity contribution is 0.132. The SMILES string of the molecule is CC1(C)Cc2cccc(OCCCS(=O)(=O)N3CCCCC3)c2O1. The number of hydrogen-bond donors (Lipinski definition) is 0. The van der Waals surface area contributed by atoms with Gasteiger partial charge in [-0.25, -0.2) is 12.7 Å². The van der Waals surface area contributed by atoms with E-state index in [1.54, 1.807) is 4.31 Å². The third kappa shape index (κ3) is 4.03. The molecule has 6 heteroatoms. The summed E-state index contributed by atoms with van der Waals surface area (Å²) in [7, 11) is -3.15. The summed E-state index contributed by atoms with van der Waals surface area (Å²) in [4.78, 5) is 0. The molecule has 1 fully saturated rings. The Labute approximate surface area is 145 Å². The van der Waals surface area contributed by atoms with E-state index in [9.17, 15) is 8.42 Å². The molecule has 5 nitrogen and oxygen atoms in total. The van der Waals surface area contributed by atoms with Crippen LogP contribution in [0.25, 0.3) is 0 Å². The van der Waals surface area contributed by atoms with E-state index in [2.05, 4.69) is 19.9 Å². The van der Waals surface area contributed by atoms with Crippen LogP contribution in [0.4, 0.5) is 0 Å². The van der Waals surface area contributed by atoms with Crippen molar-refractivity contribution >= 4 is 10.0 Å². The van der Waals surface area contributed by atoms with Gasteiger partial charge in [0.15, 0.2) is 11.5 Å². The zero-order valence-electron chi connectivity index (χ0n) is 14.6. The van der Waals surface area contributed by atoms with Gasteiger partial charge in [0.05, 0.1) is 12.4 Å². The predicted molar refractivity (Wildman–Crippen MR) is 94.2 cm³/mol. The summed E-state index contributed by atoms with van der Waals surface area (Å²) in [5.41, 5.74) is 0.942. The van der Waals surface area contributed by atoms with Crippen molar-refractivity contribution in [1.82, 2.24) is 4.31 Å². The number of ether oxygens (including phenoxy) is 2. The standard InChI is InChI=1S/C18H27NO4S/c1-18(2)14-15-8-6-9-16(17(15)23-18)22-12-7-13-24(20,21)19-10-4-3-5-11-19/h6,8-9H,3-5,7,10-14H2,1-2H3. The first-order valence-corrected chi connectivity index (χ1v) is 10.4. The molecular formula is C18H27NO4S. The molecule has 0 spiro atoms. The highest BCUT2D eigenvalue weighted by atomic mass is 32.2. The Morgan fingerprint density at radius 1 is 1.21 bits per heavy atom. The molecule has 1 aromatic carbocycles. The highest BCUT2D eigenvalue weighted by molar-refractivity contribution is 7.89. The summed E-state index contributed by atoms with van der Waals surface area (Å²) in [5, 5.41) is 0. The lowest BCUT2D eigenvalue weighted by Crippen LogP contribution is -2.37. The van der Waals surface area contributed by atoms with Crippen molar-refractivity contribution in [2.45, 2.75) is 51.6 Å². The third-order valence-electron chi connectivity index (χ3n) is 4.57. The Balaban J connectivity index is 1.52. The van der Waals surface area contributed by atoms with Crippen LogP contribution >= 0.6 is 0 Å². The van der Waals surface area contributed by atoms with Crippen molar-refractivity contribution in [2.24, 2.45) is 0 Å². The first-order valence-electron chi connectivity index (χ1n) is 8.79. The minimum absolute atomic E-state index is 0.147. The Bertz CT molecular complexity index is 678. The van der Waals surface area contributed by atoms with Gasteiger partial charge in [0.2, 0.25) is 10.0 Å². The van der Waals surface area contributed by atoms with E-state index in [1.807, 2.05) is 12.1 Å². The minimum Gasteiger partial charge on any atom is -0.490 e. The summed E-state index contributed by atoms with van der Waals surface area (Å²) >= 11 is 0. The number of fused-ring (bicyclic) bond motifs is 1. The van der Waals surface area contributed by atoms with E-state index < -0.39 is 10.0 Å². The molecule has 0 unspecified atom stereocenters. The molecule has 2 aliphatic heterocycles. The van der Waals surface area contributed by atoms with Crippen LogP contribution in [0.3, 0.4) is 0 Å². The van der Waals surface area contributed by atoms with Crippen molar-refractivity contribution in [1.29, 1.82) is 0 Å². The lowest BCUT2D eigenvalue weighted by atomic mass is 10.0. The summed E-state index contributed by atoms with van der Waals surface area (Å²) in [5.74, 6) is 1.67. The summed E-state index contributed by atoms with van der Waals surface area (Å²) in [6.45, 7) is 5.83. The Morgan fingerprint density at radius 3 is 2.71 bits per heavy atom. The monoisotopic (exact) mass is 353 g/mol.